The summed E-state index contributed by atoms with van der Waals surface area (Å²) in [6.07, 6.45) is 25.2. The van der Waals surface area contributed by atoms with Crippen molar-refractivity contribution in [3.8, 4) is 0 Å². The Bertz CT molecular complexity index is 513. The number of hydrogen-bond donors (Lipinski definition) is 0. The van der Waals surface area contributed by atoms with Crippen molar-refractivity contribution in [2.45, 2.75) is 169 Å². The molecule has 0 N–H and O–H groups in total. The van der Waals surface area contributed by atoms with Crippen LogP contribution >= 0.6 is 0 Å². The summed E-state index contributed by atoms with van der Waals surface area (Å²) in [4.78, 5) is 11.5. The van der Waals surface area contributed by atoms with Gasteiger partial charge in [0, 0.05) is 31.4 Å². The van der Waals surface area contributed by atoms with Crippen LogP contribution in [0, 0.1) is 0 Å². The molecule has 0 atom stereocenters. The Morgan fingerprint density at radius 1 is 0.513 bits per heavy atom. The zero-order chi connectivity index (χ0) is 28.9. The molecule has 0 aromatic heterocycles. The minimum Gasteiger partial charge on any atom is -0.462 e. The predicted molar refractivity (Wildman–Crippen MR) is 168 cm³/mol. The highest BCUT2D eigenvalue weighted by Crippen LogP contribution is 2.23. The topological polar surface area (TPSA) is 54.0 Å². The Hall–Kier alpha value is -0.693. The minimum absolute atomic E-state index is 0.280. The highest BCUT2D eigenvalue weighted by Gasteiger charge is 2.40. The van der Waals surface area contributed by atoms with E-state index in [-0.39, 0.29) is 5.97 Å². The summed E-state index contributed by atoms with van der Waals surface area (Å²) in [5, 5.41) is 0. The molecule has 0 saturated carbocycles. The normalized spacial score (nSPS) is 11.7. The van der Waals surface area contributed by atoms with E-state index in [1.54, 1.807) is 6.92 Å². The van der Waals surface area contributed by atoms with Crippen LogP contribution in [0.5, 0.6) is 0 Å². The number of unbranched alkanes of at least 4 members (excludes halogenated alkanes) is 17. The first-order valence-electron chi connectivity index (χ1n) is 16.8. The molecule has 0 aliphatic carbocycles. The van der Waals surface area contributed by atoms with Gasteiger partial charge in [0.1, 0.15) is 0 Å². The van der Waals surface area contributed by atoms with E-state index in [1.807, 2.05) is 0 Å². The van der Waals surface area contributed by atoms with Gasteiger partial charge in [0.15, 0.2) is 0 Å². The van der Waals surface area contributed by atoms with Crippen LogP contribution in [0.4, 0.5) is 0 Å². The molecule has 0 rings (SSSR count). The van der Waals surface area contributed by atoms with Crippen molar-refractivity contribution in [2.24, 2.45) is 0 Å². The van der Waals surface area contributed by atoms with Gasteiger partial charge in [0.05, 0.1) is 6.61 Å². The van der Waals surface area contributed by atoms with Crippen LogP contribution in [0.3, 0.4) is 0 Å². The largest absolute Gasteiger partial charge is 0.500 e. The molecule has 6 heteroatoms. The van der Waals surface area contributed by atoms with Gasteiger partial charge in [-0.3, -0.25) is 0 Å². The molecular formula is C33H66O5Si. The maximum absolute atomic E-state index is 11.5. The van der Waals surface area contributed by atoms with Crippen molar-refractivity contribution in [1.82, 2.24) is 0 Å². The number of carbonyl (C=O) groups is 1. The highest BCUT2D eigenvalue weighted by molar-refractivity contribution is 6.60. The quantitative estimate of drug-likeness (QED) is 0.0359. The molecule has 0 saturated heterocycles. The molecule has 0 amide bonds. The van der Waals surface area contributed by atoms with Crippen LogP contribution in [0.2, 0.25) is 6.04 Å². The lowest BCUT2D eigenvalue weighted by Crippen LogP contribution is -2.46. The van der Waals surface area contributed by atoms with Gasteiger partial charge in [-0.05, 0) is 39.0 Å². The number of rotatable bonds is 31. The summed E-state index contributed by atoms with van der Waals surface area (Å²) in [6.45, 7) is 14.9. The average molecular weight is 571 g/mol. The van der Waals surface area contributed by atoms with Crippen LogP contribution in [-0.2, 0) is 22.8 Å². The monoisotopic (exact) mass is 570 g/mol. The van der Waals surface area contributed by atoms with Gasteiger partial charge < -0.3 is 18.0 Å². The molecule has 0 spiro atoms. The first-order chi connectivity index (χ1) is 19.0. The van der Waals surface area contributed by atoms with Crippen molar-refractivity contribution in [1.29, 1.82) is 0 Å². The molecule has 232 valence electrons. The van der Waals surface area contributed by atoms with Crippen LogP contribution in [-0.4, -0.2) is 41.2 Å². The Balaban J connectivity index is 4.72. The van der Waals surface area contributed by atoms with E-state index in [0.717, 1.165) is 70.8 Å². The van der Waals surface area contributed by atoms with Crippen molar-refractivity contribution in [2.75, 3.05) is 26.4 Å². The van der Waals surface area contributed by atoms with E-state index >= 15 is 0 Å². The minimum atomic E-state index is -2.67. The van der Waals surface area contributed by atoms with Crippen molar-refractivity contribution >= 4 is 14.8 Å². The molecule has 39 heavy (non-hydrogen) atoms. The van der Waals surface area contributed by atoms with E-state index in [0.29, 0.717) is 12.2 Å². The van der Waals surface area contributed by atoms with Crippen molar-refractivity contribution < 1.29 is 22.8 Å². The third kappa shape index (κ3) is 24.8. The lowest BCUT2D eigenvalue weighted by molar-refractivity contribution is -0.139. The molecule has 0 aromatic carbocycles. The smallest absolute Gasteiger partial charge is 0.462 e. The standard InChI is InChI=1S/C33H66O5Si/c1-6-9-12-17-23-28-36-39(37-29-24-18-13-10-7-2,38-30-25-19-14-11-8-3)31-26-21-16-15-20-22-27-35-33(34)32(4)5/h4,6-31H2,1-3,5H3. The Morgan fingerprint density at radius 3 is 1.23 bits per heavy atom. The molecule has 0 heterocycles. The fraction of sp³-hybridized carbons (Fsp3) is 0.909. The third-order valence-corrected chi connectivity index (χ3v) is 10.1. The molecular weight excluding hydrogens is 504 g/mol. The summed E-state index contributed by atoms with van der Waals surface area (Å²) in [6, 6.07) is 0.933. The summed E-state index contributed by atoms with van der Waals surface area (Å²) < 4.78 is 25.0. The number of ether oxygens (including phenoxy) is 1. The summed E-state index contributed by atoms with van der Waals surface area (Å²) >= 11 is 0. The van der Waals surface area contributed by atoms with Gasteiger partial charge >= 0.3 is 14.8 Å². The molecule has 0 aliphatic heterocycles. The summed E-state index contributed by atoms with van der Waals surface area (Å²) in [5.41, 5.74) is 0.470. The van der Waals surface area contributed by atoms with Gasteiger partial charge in [-0.2, -0.15) is 0 Å². The van der Waals surface area contributed by atoms with E-state index in [4.69, 9.17) is 18.0 Å². The number of esters is 1. The lowest BCUT2D eigenvalue weighted by Gasteiger charge is -2.30. The third-order valence-electron chi connectivity index (χ3n) is 7.17. The first kappa shape index (κ1) is 38.3. The van der Waals surface area contributed by atoms with E-state index < -0.39 is 8.80 Å². The van der Waals surface area contributed by atoms with Crippen molar-refractivity contribution in [3.63, 3.8) is 0 Å². The Kier molecular flexibility index (Phi) is 28.3. The molecule has 0 bridgehead atoms. The van der Waals surface area contributed by atoms with E-state index in [1.165, 1.54) is 89.9 Å². The van der Waals surface area contributed by atoms with Crippen LogP contribution in [0.1, 0.15) is 163 Å². The van der Waals surface area contributed by atoms with Gasteiger partial charge in [-0.1, -0.05) is 130 Å². The van der Waals surface area contributed by atoms with Crippen LogP contribution < -0.4 is 0 Å². The molecule has 5 nitrogen and oxygen atoms in total. The molecule has 0 aliphatic rings. The molecule has 0 fully saturated rings. The second-order valence-electron chi connectivity index (χ2n) is 11.3. The SMILES string of the molecule is C=C(C)C(=O)OCCCCCCCC[Si](OCCCCCCC)(OCCCCCCC)OCCCCCCC. The van der Waals surface area contributed by atoms with Crippen LogP contribution in [0.25, 0.3) is 0 Å². The second kappa shape index (κ2) is 28.8. The lowest BCUT2D eigenvalue weighted by atomic mass is 10.1. The van der Waals surface area contributed by atoms with Gasteiger partial charge in [0.2, 0.25) is 0 Å². The predicted octanol–water partition coefficient (Wildman–Crippen LogP) is 10.3. The Labute approximate surface area is 244 Å². The zero-order valence-corrected chi connectivity index (χ0v) is 27.6. The zero-order valence-electron chi connectivity index (χ0n) is 26.6. The molecule has 0 radical (unpaired) electrons. The molecule has 0 aromatic rings. The highest BCUT2D eigenvalue weighted by atomic mass is 28.4. The number of carbonyl (C=O) groups excluding carboxylic acids is 1. The first-order valence-corrected chi connectivity index (χ1v) is 18.7. The fourth-order valence-electron chi connectivity index (χ4n) is 4.58. The average Bonchev–Trinajstić information content (AvgIpc) is 2.93. The maximum atomic E-state index is 11.5. The fourth-order valence-corrected chi connectivity index (χ4v) is 7.31. The summed E-state index contributed by atoms with van der Waals surface area (Å²) in [7, 11) is -2.67. The van der Waals surface area contributed by atoms with Crippen LogP contribution in [0.15, 0.2) is 12.2 Å². The van der Waals surface area contributed by atoms with Gasteiger partial charge in [0.25, 0.3) is 0 Å². The molecule has 0 unspecified atom stereocenters. The number of hydrogen-bond acceptors (Lipinski definition) is 5. The van der Waals surface area contributed by atoms with E-state index in [9.17, 15) is 4.79 Å². The van der Waals surface area contributed by atoms with Gasteiger partial charge in [-0.15, -0.1) is 0 Å². The van der Waals surface area contributed by atoms with E-state index in [2.05, 4.69) is 27.4 Å². The Morgan fingerprint density at radius 2 is 0.846 bits per heavy atom. The van der Waals surface area contributed by atoms with Gasteiger partial charge in [-0.25, -0.2) is 4.79 Å². The van der Waals surface area contributed by atoms with Crippen molar-refractivity contribution in [3.05, 3.63) is 12.2 Å². The second-order valence-corrected chi connectivity index (χ2v) is 14.0. The maximum Gasteiger partial charge on any atom is 0.500 e. The summed E-state index contributed by atoms with van der Waals surface area (Å²) in [5.74, 6) is -0.280.